The first-order valence-corrected chi connectivity index (χ1v) is 7.34. The Bertz CT molecular complexity index is 411. The molecule has 6 nitrogen and oxygen atoms in total. The van der Waals surface area contributed by atoms with Crippen LogP contribution in [0, 0.1) is 5.92 Å². The van der Waals surface area contributed by atoms with Gasteiger partial charge in [0.15, 0.2) is 0 Å². The molecule has 6 heteroatoms. The Morgan fingerprint density at radius 1 is 1.29 bits per heavy atom. The maximum atomic E-state index is 5.85. The molecule has 0 fully saturated rings. The molecule has 3 N–H and O–H groups in total. The fourth-order valence-electron chi connectivity index (χ4n) is 1.51. The second kappa shape index (κ2) is 9.41. The highest BCUT2D eigenvalue weighted by Crippen LogP contribution is 2.21. The van der Waals surface area contributed by atoms with Crippen LogP contribution >= 0.6 is 0 Å². The predicted octanol–water partition coefficient (Wildman–Crippen LogP) is 1.69. The first kappa shape index (κ1) is 17.5. The Balaban J connectivity index is 2.33. The number of anilines is 2. The lowest BCUT2D eigenvalue weighted by Gasteiger charge is -2.13. The molecule has 120 valence electrons. The third-order valence-corrected chi connectivity index (χ3v) is 2.68. The quantitative estimate of drug-likeness (QED) is 0.640. The lowest BCUT2D eigenvalue weighted by Crippen LogP contribution is -2.20. The number of nitrogens with zero attached hydrogens (tertiary/aromatic N) is 2. The van der Waals surface area contributed by atoms with Crippen LogP contribution in [0.3, 0.4) is 0 Å². The third-order valence-electron chi connectivity index (χ3n) is 2.68. The molecule has 1 aromatic rings. The van der Waals surface area contributed by atoms with Crippen LogP contribution in [0.4, 0.5) is 11.5 Å². The van der Waals surface area contributed by atoms with E-state index in [-0.39, 0.29) is 0 Å². The van der Waals surface area contributed by atoms with Crippen molar-refractivity contribution in [2.45, 2.75) is 13.8 Å². The first-order chi connectivity index (χ1) is 9.99. The second-order valence-corrected chi connectivity index (χ2v) is 5.64. The predicted molar refractivity (Wildman–Crippen MR) is 86.8 cm³/mol. The van der Waals surface area contributed by atoms with Crippen LogP contribution in [0.25, 0.3) is 0 Å². The van der Waals surface area contributed by atoms with Gasteiger partial charge in [0.25, 0.3) is 0 Å². The van der Waals surface area contributed by atoms with Crippen LogP contribution in [-0.4, -0.2) is 56.9 Å². The minimum Gasteiger partial charge on any atom is -0.476 e. The standard InChI is InChI=1S/C15H28N4O2/c1-12(2)11-21-15-13(16)5-6-14(18-15)17-7-9-20-10-8-19(3)4/h5-6,12H,7-11,16H2,1-4H3,(H,17,18). The van der Waals surface area contributed by atoms with E-state index in [0.29, 0.717) is 37.2 Å². The molecular formula is C15H28N4O2. The highest BCUT2D eigenvalue weighted by molar-refractivity contribution is 5.53. The molecule has 1 heterocycles. The van der Waals surface area contributed by atoms with Gasteiger partial charge in [-0.05, 0) is 32.1 Å². The van der Waals surface area contributed by atoms with E-state index in [1.807, 2.05) is 20.2 Å². The molecule has 0 bridgehead atoms. The SMILES string of the molecule is CC(C)COc1nc(NCCOCCN(C)C)ccc1N. The zero-order valence-corrected chi connectivity index (χ0v) is 13.6. The maximum absolute atomic E-state index is 5.85. The van der Waals surface area contributed by atoms with Gasteiger partial charge in [-0.1, -0.05) is 13.8 Å². The summed E-state index contributed by atoms with van der Waals surface area (Å²) in [6.07, 6.45) is 0. The van der Waals surface area contributed by atoms with Gasteiger partial charge in [-0.2, -0.15) is 4.98 Å². The zero-order valence-electron chi connectivity index (χ0n) is 13.6. The van der Waals surface area contributed by atoms with Crippen LogP contribution < -0.4 is 15.8 Å². The van der Waals surface area contributed by atoms with Crippen LogP contribution in [0.15, 0.2) is 12.1 Å². The molecule has 0 amide bonds. The molecule has 0 atom stereocenters. The summed E-state index contributed by atoms with van der Waals surface area (Å²) in [5, 5.41) is 3.20. The van der Waals surface area contributed by atoms with Crippen LogP contribution in [0.2, 0.25) is 0 Å². The number of nitrogens with two attached hydrogens (primary N) is 1. The van der Waals surface area contributed by atoms with Gasteiger partial charge in [0.1, 0.15) is 5.82 Å². The number of hydrogen-bond acceptors (Lipinski definition) is 6. The van der Waals surface area contributed by atoms with Gasteiger partial charge in [0.2, 0.25) is 5.88 Å². The van der Waals surface area contributed by atoms with Crippen molar-refractivity contribution in [3.05, 3.63) is 12.1 Å². The van der Waals surface area contributed by atoms with Gasteiger partial charge < -0.3 is 25.4 Å². The molecule has 0 saturated heterocycles. The lowest BCUT2D eigenvalue weighted by atomic mass is 10.2. The summed E-state index contributed by atoms with van der Waals surface area (Å²) in [6, 6.07) is 3.65. The van der Waals surface area contributed by atoms with Crippen LogP contribution in [0.5, 0.6) is 5.88 Å². The lowest BCUT2D eigenvalue weighted by molar-refractivity contribution is 0.126. The molecule has 0 aromatic carbocycles. The largest absolute Gasteiger partial charge is 0.476 e. The zero-order chi connectivity index (χ0) is 15.7. The van der Waals surface area contributed by atoms with E-state index in [4.69, 9.17) is 15.2 Å². The van der Waals surface area contributed by atoms with E-state index in [1.54, 1.807) is 6.07 Å². The van der Waals surface area contributed by atoms with Crippen molar-refractivity contribution >= 4 is 11.5 Å². The molecular weight excluding hydrogens is 268 g/mol. The van der Waals surface area contributed by atoms with Gasteiger partial charge in [0.05, 0.1) is 25.5 Å². The number of likely N-dealkylation sites (N-methyl/N-ethyl adjacent to an activating group) is 1. The van der Waals surface area contributed by atoms with Gasteiger partial charge in [-0.15, -0.1) is 0 Å². The summed E-state index contributed by atoms with van der Waals surface area (Å²) in [5.41, 5.74) is 6.41. The fraction of sp³-hybridized carbons (Fsp3) is 0.667. The topological polar surface area (TPSA) is 72.6 Å². The van der Waals surface area contributed by atoms with E-state index < -0.39 is 0 Å². The molecule has 1 aromatic heterocycles. The molecule has 0 aliphatic carbocycles. The average Bonchev–Trinajstić information content (AvgIpc) is 2.42. The van der Waals surface area contributed by atoms with E-state index in [2.05, 4.69) is 29.0 Å². The highest BCUT2D eigenvalue weighted by Gasteiger charge is 2.05. The first-order valence-electron chi connectivity index (χ1n) is 7.34. The number of rotatable bonds is 10. The molecule has 0 saturated carbocycles. The summed E-state index contributed by atoms with van der Waals surface area (Å²) < 4.78 is 11.1. The van der Waals surface area contributed by atoms with Crippen molar-refractivity contribution in [1.82, 2.24) is 9.88 Å². The van der Waals surface area contributed by atoms with Gasteiger partial charge in [-0.3, -0.25) is 0 Å². The number of pyridine rings is 1. The van der Waals surface area contributed by atoms with Crippen LogP contribution in [-0.2, 0) is 4.74 Å². The smallest absolute Gasteiger partial charge is 0.239 e. The Labute approximate surface area is 127 Å². The molecule has 0 unspecified atom stereocenters. The van der Waals surface area contributed by atoms with Gasteiger partial charge in [0, 0.05) is 13.1 Å². The molecule has 1 rings (SSSR count). The van der Waals surface area contributed by atoms with Crippen molar-refractivity contribution in [3.8, 4) is 5.88 Å². The molecule has 0 aliphatic heterocycles. The Morgan fingerprint density at radius 2 is 2.05 bits per heavy atom. The maximum Gasteiger partial charge on any atom is 0.239 e. The number of hydrogen-bond donors (Lipinski definition) is 2. The number of ether oxygens (including phenoxy) is 2. The summed E-state index contributed by atoms with van der Waals surface area (Å²) in [6.45, 7) is 7.77. The number of aromatic nitrogens is 1. The van der Waals surface area contributed by atoms with E-state index in [9.17, 15) is 0 Å². The third kappa shape index (κ3) is 7.72. The second-order valence-electron chi connectivity index (χ2n) is 5.64. The Kier molecular flexibility index (Phi) is 7.85. The Hall–Kier alpha value is -1.53. The number of nitrogens with one attached hydrogen (secondary N) is 1. The molecule has 0 radical (unpaired) electrons. The van der Waals surface area contributed by atoms with Crippen molar-refractivity contribution in [3.63, 3.8) is 0 Å². The summed E-state index contributed by atoms with van der Waals surface area (Å²) in [5.74, 6) is 1.68. The Morgan fingerprint density at radius 3 is 2.71 bits per heavy atom. The van der Waals surface area contributed by atoms with E-state index >= 15 is 0 Å². The minimum atomic E-state index is 0.438. The normalized spacial score (nSPS) is 11.1. The van der Waals surface area contributed by atoms with Crippen molar-refractivity contribution in [2.24, 2.45) is 5.92 Å². The van der Waals surface area contributed by atoms with Crippen LogP contribution in [0.1, 0.15) is 13.8 Å². The van der Waals surface area contributed by atoms with Crippen molar-refractivity contribution in [1.29, 1.82) is 0 Å². The van der Waals surface area contributed by atoms with E-state index in [1.165, 1.54) is 0 Å². The summed E-state index contributed by atoms with van der Waals surface area (Å²) in [7, 11) is 4.05. The molecule has 21 heavy (non-hydrogen) atoms. The minimum absolute atomic E-state index is 0.438. The molecule has 0 aliphatic rings. The summed E-state index contributed by atoms with van der Waals surface area (Å²) in [4.78, 5) is 6.46. The van der Waals surface area contributed by atoms with Crippen molar-refractivity contribution < 1.29 is 9.47 Å². The van der Waals surface area contributed by atoms with E-state index in [0.717, 1.165) is 19.0 Å². The molecule has 0 spiro atoms. The monoisotopic (exact) mass is 296 g/mol. The fourth-order valence-corrected chi connectivity index (χ4v) is 1.51. The van der Waals surface area contributed by atoms with Gasteiger partial charge >= 0.3 is 0 Å². The summed E-state index contributed by atoms with van der Waals surface area (Å²) >= 11 is 0. The van der Waals surface area contributed by atoms with Gasteiger partial charge in [-0.25, -0.2) is 0 Å². The number of nitrogen functional groups attached to an aromatic ring is 1. The average molecular weight is 296 g/mol. The highest BCUT2D eigenvalue weighted by atomic mass is 16.5. The van der Waals surface area contributed by atoms with Crippen molar-refractivity contribution in [2.75, 3.05) is 58.1 Å².